The monoisotopic (exact) mass is 967 g/mol. The van der Waals surface area contributed by atoms with Crippen LogP contribution in [0.5, 0.6) is 0 Å². The average molecular weight is 967 g/mol. The molecule has 0 rings (SSSR count). The number of unbranched alkanes of at least 4 members (excludes halogenated alkanes) is 14. The lowest BCUT2D eigenvalue weighted by Gasteiger charge is -2.21. The molecule has 0 aromatic heterocycles. The van der Waals surface area contributed by atoms with E-state index >= 15 is 0 Å². The number of hydrogen-bond acceptors (Lipinski definition) is 13. The summed E-state index contributed by atoms with van der Waals surface area (Å²) in [4.78, 5) is 52.9. The second kappa shape index (κ2) is 40.7. The molecule has 0 fully saturated rings. The van der Waals surface area contributed by atoms with Crippen LogP contribution >= 0.6 is 15.6 Å². The lowest BCUT2D eigenvalue weighted by molar-refractivity contribution is -0.161. The van der Waals surface area contributed by atoms with Crippen LogP contribution in [-0.4, -0.2) is 104 Å². The van der Waals surface area contributed by atoms with Crippen molar-refractivity contribution < 1.29 is 76.9 Å². The Morgan fingerprint density at radius 3 is 1.60 bits per heavy atom. The molecule has 0 aromatic rings. The summed E-state index contributed by atoms with van der Waals surface area (Å²) in [6, 6.07) is 0. The maximum absolute atomic E-state index is 12.7. The number of aliphatic hydroxyl groups excluding tert-OH is 4. The van der Waals surface area contributed by atoms with Crippen LogP contribution in [-0.2, 0) is 41.8 Å². The molecule has 0 aliphatic rings. The normalized spacial score (nSPS) is 16.0. The van der Waals surface area contributed by atoms with Crippen LogP contribution in [0.4, 0.5) is 0 Å². The molecule has 0 saturated heterocycles. The summed E-state index contributed by atoms with van der Waals surface area (Å²) in [7, 11) is -9.82. The van der Waals surface area contributed by atoms with Crippen molar-refractivity contribution in [3.63, 3.8) is 0 Å². The van der Waals surface area contributed by atoms with Crippen LogP contribution in [0.1, 0.15) is 162 Å². The van der Waals surface area contributed by atoms with E-state index in [1.807, 2.05) is 19.1 Å². The highest BCUT2D eigenvalue weighted by Gasteiger charge is 2.28. The zero-order valence-corrected chi connectivity index (χ0v) is 41.1. The van der Waals surface area contributed by atoms with Gasteiger partial charge in [0.25, 0.3) is 0 Å². The van der Waals surface area contributed by atoms with Crippen LogP contribution in [0, 0.1) is 5.92 Å². The van der Waals surface area contributed by atoms with E-state index in [-0.39, 0.29) is 25.7 Å². The number of esters is 2. The van der Waals surface area contributed by atoms with Crippen LogP contribution in [0.2, 0.25) is 0 Å². The fourth-order valence-electron chi connectivity index (χ4n) is 6.23. The van der Waals surface area contributed by atoms with Gasteiger partial charge < -0.3 is 44.6 Å². The number of hydrogen-bond donors (Lipinski definition) is 7. The summed E-state index contributed by atoms with van der Waals surface area (Å²) in [5.41, 5.74) is 0. The highest BCUT2D eigenvalue weighted by molar-refractivity contribution is 7.47. The number of carbonyl (C=O) groups excluding carboxylic acids is 2. The molecule has 0 aliphatic carbocycles. The average Bonchev–Trinajstić information content (AvgIpc) is 3.24. The van der Waals surface area contributed by atoms with Gasteiger partial charge in [0.2, 0.25) is 0 Å². The number of ether oxygens (including phenoxy) is 2. The number of carbonyl (C=O) groups is 2. The first kappa shape index (κ1) is 62.7. The van der Waals surface area contributed by atoms with E-state index in [1.54, 1.807) is 42.5 Å². The van der Waals surface area contributed by atoms with Gasteiger partial charge in [-0.05, 0) is 38.0 Å². The Labute approximate surface area is 389 Å². The summed E-state index contributed by atoms with van der Waals surface area (Å²) < 4.78 is 47.6. The van der Waals surface area contributed by atoms with Crippen molar-refractivity contribution in [3.05, 3.63) is 60.8 Å². The maximum Gasteiger partial charge on any atom is 0.472 e. The highest BCUT2D eigenvalue weighted by Crippen LogP contribution is 2.44. The third-order valence-electron chi connectivity index (χ3n) is 9.93. The largest absolute Gasteiger partial charge is 0.472 e. The van der Waals surface area contributed by atoms with E-state index in [2.05, 4.69) is 22.9 Å². The summed E-state index contributed by atoms with van der Waals surface area (Å²) in [5.74, 6) is -0.560. The first-order valence-corrected chi connectivity index (χ1v) is 26.7. The molecule has 16 nitrogen and oxygen atoms in total. The van der Waals surface area contributed by atoms with E-state index in [0.717, 1.165) is 38.0 Å². The molecule has 378 valence electrons. The lowest BCUT2D eigenvalue weighted by atomic mass is 10.0. The van der Waals surface area contributed by atoms with Gasteiger partial charge in [0.05, 0.1) is 38.1 Å². The van der Waals surface area contributed by atoms with Gasteiger partial charge in [-0.25, -0.2) is 9.13 Å². The molecule has 0 bridgehead atoms. The van der Waals surface area contributed by atoms with Gasteiger partial charge in [0, 0.05) is 12.8 Å². The molecule has 6 atom stereocenters. The van der Waals surface area contributed by atoms with Crippen molar-refractivity contribution in [1.29, 1.82) is 0 Å². The quantitative estimate of drug-likeness (QED) is 0.00988. The molecule has 0 heterocycles. The first-order valence-electron chi connectivity index (χ1n) is 23.7. The van der Waals surface area contributed by atoms with Crippen LogP contribution in [0.3, 0.4) is 0 Å². The molecule has 0 spiro atoms. The van der Waals surface area contributed by atoms with Crippen LogP contribution in [0.15, 0.2) is 60.8 Å². The predicted octanol–water partition coefficient (Wildman–Crippen LogP) is 9.17. The predicted molar refractivity (Wildman–Crippen MR) is 252 cm³/mol. The van der Waals surface area contributed by atoms with Gasteiger partial charge in [-0.1, -0.05) is 178 Å². The van der Waals surface area contributed by atoms with Crippen molar-refractivity contribution in [2.75, 3.05) is 26.4 Å². The van der Waals surface area contributed by atoms with Gasteiger partial charge >= 0.3 is 27.6 Å². The molecule has 7 N–H and O–H groups in total. The zero-order chi connectivity index (χ0) is 48.6. The molecule has 0 aliphatic heterocycles. The number of rotatable bonds is 43. The topological polar surface area (TPSA) is 256 Å². The van der Waals surface area contributed by atoms with Crippen molar-refractivity contribution in [2.24, 2.45) is 5.92 Å². The van der Waals surface area contributed by atoms with E-state index in [0.29, 0.717) is 12.8 Å². The number of aliphatic hydroxyl groups is 4. The minimum atomic E-state index is -4.91. The van der Waals surface area contributed by atoms with E-state index < -0.39 is 84.5 Å². The molecular formula is C47H84O16P2. The Kier molecular flexibility index (Phi) is 39.3. The molecule has 18 heteroatoms. The lowest BCUT2D eigenvalue weighted by Crippen LogP contribution is -2.30. The number of phosphoric acid groups is 2. The molecule has 65 heavy (non-hydrogen) atoms. The molecule has 0 aromatic carbocycles. The smallest absolute Gasteiger partial charge is 0.462 e. The molecule has 0 amide bonds. The Morgan fingerprint density at radius 2 is 1.05 bits per heavy atom. The molecule has 0 radical (unpaired) electrons. The second-order valence-corrected chi connectivity index (χ2v) is 19.4. The van der Waals surface area contributed by atoms with Gasteiger partial charge in [-0.15, -0.1) is 0 Å². The second-order valence-electron chi connectivity index (χ2n) is 16.7. The Bertz CT molecular complexity index is 1440. The highest BCUT2D eigenvalue weighted by atomic mass is 31.2. The van der Waals surface area contributed by atoms with Gasteiger partial charge in [-0.3, -0.25) is 23.2 Å². The number of allylic oxidation sites excluding steroid dienone is 7. The first-order chi connectivity index (χ1) is 30.9. The summed E-state index contributed by atoms with van der Waals surface area (Å²) in [6.07, 6.45) is 31.6. The molecule has 0 saturated carbocycles. The minimum Gasteiger partial charge on any atom is -0.462 e. The standard InChI is InChI=1S/C47H84O16P2/c1-4-5-23-30-41(48)31-25-20-17-18-21-26-32-44(50)45(51)33-28-35-47(53)63-43(39-62-65(57,58)61-37-42(49)36-60-64(54,55)56)38-59-46(52)34-27-22-16-14-12-10-8-6-7-9-11-13-15-19-24-29-40(2)3/h5,17-18,20-21,23,25-26,31-32,40-45,48-51H,4,6-16,19,22,24,27-30,33-39H2,1-3H3,(H,57,58)(H2,54,55,56)/b20-17+,21-18-,23-5-,31-25+,32-26-/t41-,42-,43+,44+,45+/m0/s1. The van der Waals surface area contributed by atoms with Crippen LogP contribution < -0.4 is 0 Å². The van der Waals surface area contributed by atoms with Crippen molar-refractivity contribution >= 4 is 27.6 Å². The fourth-order valence-corrected chi connectivity index (χ4v) is 7.38. The van der Waals surface area contributed by atoms with Gasteiger partial charge in [0.15, 0.2) is 6.10 Å². The Balaban J connectivity index is 4.76. The Morgan fingerprint density at radius 1 is 0.554 bits per heavy atom. The van der Waals surface area contributed by atoms with Crippen molar-refractivity contribution in [3.8, 4) is 0 Å². The zero-order valence-electron chi connectivity index (χ0n) is 39.3. The van der Waals surface area contributed by atoms with Gasteiger partial charge in [-0.2, -0.15) is 0 Å². The van der Waals surface area contributed by atoms with E-state index in [1.165, 1.54) is 76.7 Å². The number of phosphoric ester groups is 2. The summed E-state index contributed by atoms with van der Waals surface area (Å²) in [5, 5.41) is 40.3. The van der Waals surface area contributed by atoms with Crippen molar-refractivity contribution in [2.45, 2.75) is 193 Å². The summed E-state index contributed by atoms with van der Waals surface area (Å²) in [6.45, 7) is 3.51. The maximum atomic E-state index is 12.7. The van der Waals surface area contributed by atoms with Crippen molar-refractivity contribution in [1.82, 2.24) is 0 Å². The minimum absolute atomic E-state index is 0.0215. The fraction of sp³-hybridized carbons (Fsp3) is 0.745. The Hall–Kier alpha value is -2.30. The van der Waals surface area contributed by atoms with E-state index in [9.17, 15) is 44.0 Å². The summed E-state index contributed by atoms with van der Waals surface area (Å²) >= 11 is 0. The third-order valence-corrected chi connectivity index (χ3v) is 11.4. The van der Waals surface area contributed by atoms with E-state index in [4.69, 9.17) is 23.8 Å². The molecular weight excluding hydrogens is 882 g/mol. The third kappa shape index (κ3) is 44.0. The van der Waals surface area contributed by atoms with Gasteiger partial charge in [0.1, 0.15) is 12.7 Å². The SMILES string of the molecule is CC/C=C\C[C@H](O)/C=C/C=C/C=C\C=C/[C@@H](O)[C@H](O)CCCC(=O)O[C@H](COC(=O)CCCCCCCCCCCCCCCCCC(C)C)COP(=O)(O)OC[C@@H](O)COP(=O)(O)O. The molecule has 1 unspecified atom stereocenters. The van der Waals surface area contributed by atoms with Crippen LogP contribution in [0.25, 0.3) is 0 Å².